The first kappa shape index (κ1) is 14.7. The van der Waals surface area contributed by atoms with Gasteiger partial charge in [-0.1, -0.05) is 35.0 Å². The number of rotatable bonds is 4. The number of hydrogen-bond acceptors (Lipinski definition) is 2. The average molecular weight is 324 g/mol. The topological polar surface area (TPSA) is 20.3 Å². The molecule has 0 amide bonds. The van der Waals surface area contributed by atoms with Crippen molar-refractivity contribution in [1.82, 2.24) is 4.90 Å². The van der Waals surface area contributed by atoms with Crippen molar-refractivity contribution in [3.05, 3.63) is 34.3 Å². The minimum Gasteiger partial charge on any atom is -0.300 e. The molecule has 1 aromatic rings. The summed E-state index contributed by atoms with van der Waals surface area (Å²) < 4.78 is 1.02. The number of hydrogen-bond donors (Lipinski definition) is 0. The molecule has 0 aromatic heterocycles. The molecule has 2 unspecified atom stereocenters. The normalized spacial score (nSPS) is 24.4. The Balaban J connectivity index is 1.87. The van der Waals surface area contributed by atoms with Gasteiger partial charge in [0.15, 0.2) is 5.78 Å². The van der Waals surface area contributed by atoms with Gasteiger partial charge < -0.3 is 0 Å². The number of nitrogens with zero attached hydrogens (tertiary/aromatic N) is 1. The molecule has 0 bridgehead atoms. The van der Waals surface area contributed by atoms with Crippen molar-refractivity contribution in [3.63, 3.8) is 0 Å². The molecule has 2 atom stereocenters. The van der Waals surface area contributed by atoms with Crippen LogP contribution in [0.4, 0.5) is 0 Å². The Morgan fingerprint density at radius 2 is 1.95 bits per heavy atom. The molecule has 2 rings (SSSR count). The van der Waals surface area contributed by atoms with Crippen LogP contribution in [0.15, 0.2) is 28.7 Å². The molecule has 19 heavy (non-hydrogen) atoms. The molecule has 3 heteroatoms. The van der Waals surface area contributed by atoms with E-state index in [0.717, 1.165) is 29.0 Å². The predicted octanol–water partition coefficient (Wildman–Crippen LogP) is 4.14. The highest BCUT2D eigenvalue weighted by Crippen LogP contribution is 2.21. The van der Waals surface area contributed by atoms with Gasteiger partial charge in [0, 0.05) is 35.6 Å². The third-order valence-electron chi connectivity index (χ3n) is 4.04. The zero-order chi connectivity index (χ0) is 13.8. The SMILES string of the molecule is CC1CCC(C)N(CCC(=O)c2ccc(Br)cc2)C1. The van der Waals surface area contributed by atoms with E-state index < -0.39 is 0 Å². The summed E-state index contributed by atoms with van der Waals surface area (Å²) in [6, 6.07) is 8.27. The van der Waals surface area contributed by atoms with Crippen molar-refractivity contribution in [2.45, 2.75) is 39.2 Å². The zero-order valence-electron chi connectivity index (χ0n) is 11.7. The fraction of sp³-hybridized carbons (Fsp3) is 0.562. The van der Waals surface area contributed by atoms with Crippen LogP contribution in [0.5, 0.6) is 0 Å². The first-order valence-corrected chi connectivity index (χ1v) is 7.88. The molecule has 2 nitrogen and oxygen atoms in total. The number of halogens is 1. The summed E-state index contributed by atoms with van der Waals surface area (Å²) in [5.74, 6) is 1.01. The lowest BCUT2D eigenvalue weighted by Gasteiger charge is -2.36. The van der Waals surface area contributed by atoms with Gasteiger partial charge in [0.25, 0.3) is 0 Å². The van der Waals surface area contributed by atoms with Crippen LogP contribution < -0.4 is 0 Å². The van der Waals surface area contributed by atoms with E-state index in [1.807, 2.05) is 24.3 Å². The molecule has 1 saturated heterocycles. The lowest BCUT2D eigenvalue weighted by molar-refractivity contribution is 0.0900. The van der Waals surface area contributed by atoms with Crippen LogP contribution in [0.25, 0.3) is 0 Å². The summed E-state index contributed by atoms with van der Waals surface area (Å²) in [6.07, 6.45) is 3.20. The number of Topliss-reactive ketones (excluding diaryl/α,β-unsaturated/α-hetero) is 1. The quantitative estimate of drug-likeness (QED) is 0.776. The third-order valence-corrected chi connectivity index (χ3v) is 4.57. The van der Waals surface area contributed by atoms with E-state index in [4.69, 9.17) is 0 Å². The van der Waals surface area contributed by atoms with Gasteiger partial charge in [-0.25, -0.2) is 0 Å². The van der Waals surface area contributed by atoms with Crippen molar-refractivity contribution >= 4 is 21.7 Å². The van der Waals surface area contributed by atoms with Crippen LogP contribution in [-0.2, 0) is 0 Å². The summed E-state index contributed by atoms with van der Waals surface area (Å²) in [4.78, 5) is 14.6. The van der Waals surface area contributed by atoms with Crippen molar-refractivity contribution in [2.75, 3.05) is 13.1 Å². The van der Waals surface area contributed by atoms with Crippen LogP contribution in [0, 0.1) is 5.92 Å². The molecule has 0 saturated carbocycles. The number of carbonyl (C=O) groups is 1. The summed E-state index contributed by atoms with van der Waals surface area (Å²) in [7, 11) is 0. The maximum atomic E-state index is 12.1. The summed E-state index contributed by atoms with van der Waals surface area (Å²) >= 11 is 3.39. The second-order valence-electron chi connectivity index (χ2n) is 5.71. The number of likely N-dealkylation sites (tertiary alicyclic amines) is 1. The maximum absolute atomic E-state index is 12.1. The van der Waals surface area contributed by atoms with Gasteiger partial charge in [-0.2, -0.15) is 0 Å². The standard InChI is InChI=1S/C16H22BrNO/c1-12-3-4-13(2)18(11-12)10-9-16(19)14-5-7-15(17)8-6-14/h5-8,12-13H,3-4,9-11H2,1-2H3. The van der Waals surface area contributed by atoms with Crippen molar-refractivity contribution in [2.24, 2.45) is 5.92 Å². The highest BCUT2D eigenvalue weighted by Gasteiger charge is 2.23. The van der Waals surface area contributed by atoms with Gasteiger partial charge in [0.1, 0.15) is 0 Å². The molecule has 1 heterocycles. The molecule has 1 aliphatic rings. The van der Waals surface area contributed by atoms with E-state index in [1.54, 1.807) is 0 Å². The smallest absolute Gasteiger partial charge is 0.164 e. The van der Waals surface area contributed by atoms with Crippen LogP contribution in [0.1, 0.15) is 43.5 Å². The molecular formula is C16H22BrNO. The lowest BCUT2D eigenvalue weighted by atomic mass is 9.94. The van der Waals surface area contributed by atoms with Gasteiger partial charge in [-0.3, -0.25) is 9.69 Å². The number of carbonyl (C=O) groups excluding carboxylic acids is 1. The second kappa shape index (κ2) is 6.67. The monoisotopic (exact) mass is 323 g/mol. The molecule has 0 radical (unpaired) electrons. The zero-order valence-corrected chi connectivity index (χ0v) is 13.3. The fourth-order valence-corrected chi connectivity index (χ4v) is 2.98. The Morgan fingerprint density at radius 3 is 2.63 bits per heavy atom. The molecule has 1 fully saturated rings. The van der Waals surface area contributed by atoms with E-state index in [0.29, 0.717) is 12.5 Å². The van der Waals surface area contributed by atoms with Crippen molar-refractivity contribution in [1.29, 1.82) is 0 Å². The summed E-state index contributed by atoms with van der Waals surface area (Å²) in [6.45, 7) is 6.60. The van der Waals surface area contributed by atoms with Crippen LogP contribution >= 0.6 is 15.9 Å². The molecule has 0 spiro atoms. The largest absolute Gasteiger partial charge is 0.300 e. The molecule has 1 aliphatic heterocycles. The Bertz CT molecular complexity index is 429. The van der Waals surface area contributed by atoms with Crippen molar-refractivity contribution < 1.29 is 4.79 Å². The Labute approximate surface area is 124 Å². The van der Waals surface area contributed by atoms with E-state index in [-0.39, 0.29) is 5.78 Å². The summed E-state index contributed by atoms with van der Waals surface area (Å²) in [5.41, 5.74) is 0.820. The highest BCUT2D eigenvalue weighted by atomic mass is 79.9. The molecule has 104 valence electrons. The molecule has 0 aliphatic carbocycles. The number of ketones is 1. The minimum atomic E-state index is 0.248. The maximum Gasteiger partial charge on any atom is 0.164 e. The van der Waals surface area contributed by atoms with Gasteiger partial charge in [0.2, 0.25) is 0 Å². The number of piperidine rings is 1. The number of benzene rings is 1. The van der Waals surface area contributed by atoms with Gasteiger partial charge >= 0.3 is 0 Å². The predicted molar refractivity (Wildman–Crippen MR) is 82.5 cm³/mol. The van der Waals surface area contributed by atoms with Gasteiger partial charge in [-0.05, 0) is 37.8 Å². The van der Waals surface area contributed by atoms with Crippen molar-refractivity contribution in [3.8, 4) is 0 Å². The first-order chi connectivity index (χ1) is 9.06. The van der Waals surface area contributed by atoms with Gasteiger partial charge in [-0.15, -0.1) is 0 Å². The second-order valence-corrected chi connectivity index (χ2v) is 6.62. The van der Waals surface area contributed by atoms with Crippen LogP contribution in [0.2, 0.25) is 0 Å². The lowest BCUT2D eigenvalue weighted by Crippen LogP contribution is -2.42. The minimum absolute atomic E-state index is 0.248. The van der Waals surface area contributed by atoms with E-state index >= 15 is 0 Å². The van der Waals surface area contributed by atoms with Crippen LogP contribution in [-0.4, -0.2) is 29.8 Å². The van der Waals surface area contributed by atoms with Crippen LogP contribution in [0.3, 0.4) is 0 Å². The van der Waals surface area contributed by atoms with Gasteiger partial charge in [0.05, 0.1) is 0 Å². The Kier molecular flexibility index (Phi) is 5.17. The highest BCUT2D eigenvalue weighted by molar-refractivity contribution is 9.10. The third kappa shape index (κ3) is 4.15. The molecule has 0 N–H and O–H groups in total. The van der Waals surface area contributed by atoms with E-state index in [2.05, 4.69) is 34.7 Å². The average Bonchev–Trinajstić information content (AvgIpc) is 2.40. The molecule has 1 aromatic carbocycles. The van der Waals surface area contributed by atoms with E-state index in [1.165, 1.54) is 12.8 Å². The fourth-order valence-electron chi connectivity index (χ4n) is 2.72. The summed E-state index contributed by atoms with van der Waals surface area (Å²) in [5, 5.41) is 0. The Hall–Kier alpha value is -0.670. The molecular weight excluding hydrogens is 302 g/mol. The Morgan fingerprint density at radius 1 is 1.26 bits per heavy atom. The van der Waals surface area contributed by atoms with E-state index in [9.17, 15) is 4.79 Å². The first-order valence-electron chi connectivity index (χ1n) is 7.09.